The van der Waals surface area contributed by atoms with E-state index in [1.807, 2.05) is 60.7 Å². The fourth-order valence-electron chi connectivity index (χ4n) is 3.80. The fraction of sp³-hybridized carbons (Fsp3) is 0.250. The Morgan fingerprint density at radius 1 is 0.900 bits per heavy atom. The van der Waals surface area contributed by atoms with Crippen molar-refractivity contribution >= 4 is 17.8 Å². The van der Waals surface area contributed by atoms with E-state index in [0.29, 0.717) is 18.8 Å². The smallest absolute Gasteiger partial charge is 0.161 e. The number of hydrogen-bond donors (Lipinski definition) is 2. The SMILES string of the molecule is O=P(C[C@H]1OCC[C@H](Oc2ccccc2O)[C@@H]1O)(c1ccccc1)c1ccccc1. The van der Waals surface area contributed by atoms with Crippen LogP contribution >= 0.6 is 7.14 Å². The number of hydrogen-bond acceptors (Lipinski definition) is 5. The normalized spacial score (nSPS) is 21.8. The van der Waals surface area contributed by atoms with E-state index in [4.69, 9.17) is 9.47 Å². The van der Waals surface area contributed by atoms with Gasteiger partial charge in [0.2, 0.25) is 0 Å². The van der Waals surface area contributed by atoms with E-state index >= 15 is 0 Å². The predicted octanol–water partition coefficient (Wildman–Crippen LogP) is 3.30. The highest BCUT2D eigenvalue weighted by Gasteiger charge is 2.40. The van der Waals surface area contributed by atoms with Crippen LogP contribution in [0, 0.1) is 0 Å². The molecule has 0 radical (unpaired) electrons. The van der Waals surface area contributed by atoms with Crippen LogP contribution in [0.15, 0.2) is 84.9 Å². The molecule has 0 saturated carbocycles. The molecular formula is C24H25O5P. The molecule has 0 unspecified atom stereocenters. The van der Waals surface area contributed by atoms with Gasteiger partial charge in [-0.15, -0.1) is 0 Å². The number of phenolic OH excluding ortho intramolecular Hbond substituents is 1. The Labute approximate surface area is 176 Å². The molecule has 0 bridgehead atoms. The highest BCUT2D eigenvalue weighted by molar-refractivity contribution is 7.78. The number of phenols is 1. The van der Waals surface area contributed by atoms with E-state index < -0.39 is 25.5 Å². The Kier molecular flexibility index (Phi) is 6.24. The van der Waals surface area contributed by atoms with Gasteiger partial charge in [-0.2, -0.15) is 0 Å². The van der Waals surface area contributed by atoms with E-state index in [2.05, 4.69) is 0 Å². The third kappa shape index (κ3) is 4.29. The van der Waals surface area contributed by atoms with Gasteiger partial charge in [-0.25, -0.2) is 0 Å². The lowest BCUT2D eigenvalue weighted by Gasteiger charge is -2.36. The molecule has 156 valence electrons. The lowest BCUT2D eigenvalue weighted by molar-refractivity contribution is -0.117. The summed E-state index contributed by atoms with van der Waals surface area (Å²) >= 11 is 0. The van der Waals surface area contributed by atoms with Crippen LogP contribution in [0.25, 0.3) is 0 Å². The Morgan fingerprint density at radius 2 is 1.47 bits per heavy atom. The maximum absolute atomic E-state index is 14.3. The van der Waals surface area contributed by atoms with Gasteiger partial charge in [0.05, 0.1) is 12.7 Å². The number of para-hydroxylation sites is 2. The second-order valence-corrected chi connectivity index (χ2v) is 10.3. The third-order valence-corrected chi connectivity index (χ3v) is 8.56. The largest absolute Gasteiger partial charge is 0.504 e. The number of benzene rings is 3. The number of aromatic hydroxyl groups is 1. The Hall–Kier alpha value is -2.59. The Balaban J connectivity index is 1.60. The van der Waals surface area contributed by atoms with Gasteiger partial charge in [-0.05, 0) is 12.1 Å². The van der Waals surface area contributed by atoms with E-state index in [9.17, 15) is 14.8 Å². The third-order valence-electron chi connectivity index (χ3n) is 5.42. The van der Waals surface area contributed by atoms with Crippen LogP contribution in [0.5, 0.6) is 11.5 Å². The molecule has 5 nitrogen and oxygen atoms in total. The van der Waals surface area contributed by atoms with Crippen molar-refractivity contribution in [1.82, 2.24) is 0 Å². The summed E-state index contributed by atoms with van der Waals surface area (Å²) in [6.45, 7) is 0.379. The molecule has 2 N–H and O–H groups in total. The van der Waals surface area contributed by atoms with Gasteiger partial charge in [0.25, 0.3) is 0 Å². The lowest BCUT2D eigenvalue weighted by Crippen LogP contribution is -2.49. The van der Waals surface area contributed by atoms with E-state index in [0.717, 1.165) is 10.6 Å². The van der Waals surface area contributed by atoms with Gasteiger partial charge >= 0.3 is 0 Å². The second kappa shape index (κ2) is 9.05. The molecule has 1 aliphatic heterocycles. The molecular weight excluding hydrogens is 399 g/mol. The second-order valence-electron chi connectivity index (χ2n) is 7.41. The van der Waals surface area contributed by atoms with Crippen molar-refractivity contribution in [2.24, 2.45) is 0 Å². The average molecular weight is 424 g/mol. The number of ether oxygens (including phenoxy) is 2. The molecule has 0 aliphatic carbocycles. The van der Waals surface area contributed by atoms with Crippen molar-refractivity contribution in [3.8, 4) is 11.5 Å². The van der Waals surface area contributed by atoms with Crippen molar-refractivity contribution in [2.45, 2.75) is 24.7 Å². The van der Waals surface area contributed by atoms with Gasteiger partial charge in [0, 0.05) is 23.2 Å². The van der Waals surface area contributed by atoms with Crippen LogP contribution in [-0.2, 0) is 9.30 Å². The minimum atomic E-state index is -3.04. The first kappa shape index (κ1) is 20.7. The molecule has 0 amide bonds. The number of rotatable bonds is 6. The molecule has 3 aromatic rings. The molecule has 30 heavy (non-hydrogen) atoms. The van der Waals surface area contributed by atoms with Gasteiger partial charge in [0.1, 0.15) is 19.3 Å². The predicted molar refractivity (Wildman–Crippen MR) is 118 cm³/mol. The molecule has 1 aliphatic rings. The summed E-state index contributed by atoms with van der Waals surface area (Å²) in [6.07, 6.45) is -1.53. The zero-order valence-corrected chi connectivity index (χ0v) is 17.4. The minimum Gasteiger partial charge on any atom is -0.504 e. The summed E-state index contributed by atoms with van der Waals surface area (Å²) < 4.78 is 26.0. The van der Waals surface area contributed by atoms with Crippen molar-refractivity contribution in [3.05, 3.63) is 84.9 Å². The van der Waals surface area contributed by atoms with E-state index in [-0.39, 0.29) is 11.9 Å². The maximum Gasteiger partial charge on any atom is 0.161 e. The van der Waals surface area contributed by atoms with Gasteiger partial charge in [-0.1, -0.05) is 72.8 Å². The van der Waals surface area contributed by atoms with Crippen LogP contribution in [0.1, 0.15) is 6.42 Å². The lowest BCUT2D eigenvalue weighted by atomic mass is 10.0. The first-order chi connectivity index (χ1) is 14.6. The molecule has 0 aromatic heterocycles. The highest BCUT2D eigenvalue weighted by Crippen LogP contribution is 2.45. The summed E-state index contributed by atoms with van der Waals surface area (Å²) in [5, 5.41) is 22.4. The average Bonchev–Trinajstić information content (AvgIpc) is 2.79. The summed E-state index contributed by atoms with van der Waals surface area (Å²) in [4.78, 5) is 0. The Morgan fingerprint density at radius 3 is 2.07 bits per heavy atom. The van der Waals surface area contributed by atoms with Gasteiger partial charge in [-0.3, -0.25) is 0 Å². The molecule has 3 aromatic carbocycles. The van der Waals surface area contributed by atoms with Crippen molar-refractivity contribution in [1.29, 1.82) is 0 Å². The monoisotopic (exact) mass is 424 g/mol. The van der Waals surface area contributed by atoms with Crippen LogP contribution in [0.4, 0.5) is 0 Å². The topological polar surface area (TPSA) is 76.0 Å². The fourth-order valence-corrected chi connectivity index (χ4v) is 6.66. The number of aliphatic hydroxyl groups is 1. The van der Waals surface area contributed by atoms with E-state index in [1.165, 1.54) is 6.07 Å². The highest BCUT2D eigenvalue weighted by atomic mass is 31.2. The first-order valence-corrected chi connectivity index (χ1v) is 11.9. The quantitative estimate of drug-likeness (QED) is 0.594. The summed E-state index contributed by atoms with van der Waals surface area (Å²) in [7, 11) is -3.04. The zero-order valence-electron chi connectivity index (χ0n) is 16.5. The molecule has 1 saturated heterocycles. The van der Waals surface area contributed by atoms with Crippen molar-refractivity contribution in [2.75, 3.05) is 12.8 Å². The molecule has 4 rings (SSSR count). The maximum atomic E-state index is 14.3. The number of aliphatic hydroxyl groups excluding tert-OH is 1. The zero-order chi connectivity index (χ0) is 21.0. The van der Waals surface area contributed by atoms with E-state index in [1.54, 1.807) is 18.2 Å². The van der Waals surface area contributed by atoms with Crippen LogP contribution in [-0.4, -0.2) is 41.3 Å². The summed E-state index contributed by atoms with van der Waals surface area (Å²) in [5.74, 6) is 0.337. The molecule has 1 heterocycles. The van der Waals surface area contributed by atoms with Crippen molar-refractivity contribution in [3.63, 3.8) is 0 Å². The summed E-state index contributed by atoms with van der Waals surface area (Å²) in [5.41, 5.74) is 0. The first-order valence-electron chi connectivity index (χ1n) is 10.0. The van der Waals surface area contributed by atoms with Crippen molar-refractivity contribution < 1.29 is 24.3 Å². The molecule has 6 heteroatoms. The molecule has 3 atom stereocenters. The molecule has 1 fully saturated rings. The van der Waals surface area contributed by atoms with Crippen LogP contribution in [0.3, 0.4) is 0 Å². The van der Waals surface area contributed by atoms with Gasteiger partial charge < -0.3 is 24.3 Å². The van der Waals surface area contributed by atoms with Crippen LogP contribution < -0.4 is 15.3 Å². The summed E-state index contributed by atoms with van der Waals surface area (Å²) in [6, 6.07) is 25.4. The van der Waals surface area contributed by atoms with Crippen LogP contribution in [0.2, 0.25) is 0 Å². The molecule has 0 spiro atoms. The minimum absolute atomic E-state index is 0.0204. The Bertz CT molecular complexity index is 965. The van der Waals surface area contributed by atoms with Gasteiger partial charge in [0.15, 0.2) is 11.5 Å². The standard InChI is InChI=1S/C24H25O5P/c25-20-13-7-8-14-21(20)29-22-15-16-28-23(24(22)26)17-30(27,18-9-3-1-4-10-18)19-11-5-2-6-12-19/h1-14,22-26H,15-17H2/t22-,23+,24-/m0/s1.